The van der Waals surface area contributed by atoms with Crippen LogP contribution in [0.4, 0.5) is 4.39 Å². The van der Waals surface area contributed by atoms with Gasteiger partial charge in [-0.1, -0.05) is 12.1 Å². The van der Waals surface area contributed by atoms with Crippen LogP contribution in [0.3, 0.4) is 0 Å². The summed E-state index contributed by atoms with van der Waals surface area (Å²) in [5.74, 6) is -3.15. The van der Waals surface area contributed by atoms with Gasteiger partial charge in [0.1, 0.15) is 12.1 Å². The molecule has 1 aromatic carbocycles. The van der Waals surface area contributed by atoms with Gasteiger partial charge < -0.3 is 10.4 Å². The van der Waals surface area contributed by atoms with Crippen molar-refractivity contribution in [3.05, 3.63) is 47.8 Å². The van der Waals surface area contributed by atoms with Crippen molar-refractivity contribution in [2.24, 2.45) is 0 Å². The third-order valence-electron chi connectivity index (χ3n) is 3.42. The number of carbonyl (C=O) groups is 2. The normalized spacial score (nSPS) is 12.7. The number of hydrogen-bond donors (Lipinski definition) is 2. The van der Waals surface area contributed by atoms with Gasteiger partial charge in [0, 0.05) is 6.54 Å². The Kier molecular flexibility index (Phi) is 4.96. The number of nitrogens with zero attached hydrogens (tertiary/aromatic N) is 3. The van der Waals surface area contributed by atoms with E-state index in [9.17, 15) is 19.1 Å². The Morgan fingerprint density at radius 1 is 1.29 bits per heavy atom. The Morgan fingerprint density at radius 2 is 1.92 bits per heavy atom. The van der Waals surface area contributed by atoms with E-state index in [2.05, 4.69) is 15.4 Å². The van der Waals surface area contributed by atoms with Gasteiger partial charge in [0.05, 0.1) is 11.5 Å². The summed E-state index contributed by atoms with van der Waals surface area (Å²) in [5.41, 5.74) is 0.0841. The Balaban J connectivity index is 2.06. The van der Waals surface area contributed by atoms with Crippen LogP contribution in [0.2, 0.25) is 0 Å². The number of benzene rings is 1. The Bertz CT molecular complexity index is 735. The Labute approximate surface area is 138 Å². The van der Waals surface area contributed by atoms with Gasteiger partial charge in [-0.2, -0.15) is 0 Å². The van der Waals surface area contributed by atoms with Gasteiger partial charge >= 0.3 is 5.97 Å². The number of rotatable bonds is 5. The number of hydrogen-bond acceptors (Lipinski definition) is 4. The van der Waals surface area contributed by atoms with E-state index in [0.29, 0.717) is 5.56 Å². The maximum atomic E-state index is 12.9. The second kappa shape index (κ2) is 6.77. The first-order valence-corrected chi connectivity index (χ1v) is 7.37. The van der Waals surface area contributed by atoms with E-state index in [1.165, 1.54) is 30.6 Å². The predicted octanol–water partition coefficient (Wildman–Crippen LogP) is 1.77. The van der Waals surface area contributed by atoms with Crippen LogP contribution in [0.1, 0.15) is 42.9 Å². The highest BCUT2D eigenvalue weighted by atomic mass is 19.1. The van der Waals surface area contributed by atoms with Crippen molar-refractivity contribution in [3.8, 4) is 0 Å². The third-order valence-corrected chi connectivity index (χ3v) is 3.42. The molecule has 0 aliphatic heterocycles. The molecular weight excluding hydrogens is 315 g/mol. The summed E-state index contributed by atoms with van der Waals surface area (Å²) < 4.78 is 14.5. The fourth-order valence-electron chi connectivity index (χ4n) is 2.01. The van der Waals surface area contributed by atoms with Crippen LogP contribution < -0.4 is 5.32 Å². The molecule has 1 atom stereocenters. The van der Waals surface area contributed by atoms with Gasteiger partial charge in [0.15, 0.2) is 0 Å². The summed E-state index contributed by atoms with van der Waals surface area (Å²) in [6.07, 6.45) is 1.45. The summed E-state index contributed by atoms with van der Waals surface area (Å²) in [6.45, 7) is 5.60. The lowest BCUT2D eigenvalue weighted by Gasteiger charge is -2.17. The smallest absolute Gasteiger partial charge is 0.312 e. The number of carboxylic acid groups (broad SMARTS) is 1. The molecule has 1 amide bonds. The van der Waals surface area contributed by atoms with Crippen molar-refractivity contribution in [3.63, 3.8) is 0 Å². The van der Waals surface area contributed by atoms with Crippen LogP contribution in [-0.4, -0.2) is 38.3 Å². The maximum Gasteiger partial charge on any atom is 0.312 e. The first-order valence-electron chi connectivity index (χ1n) is 7.37. The molecule has 1 unspecified atom stereocenters. The minimum absolute atomic E-state index is 0.0341. The number of aromatic nitrogens is 3. The largest absolute Gasteiger partial charge is 0.481 e. The number of carbonyl (C=O) groups excluding carboxylic acids is 1. The zero-order valence-electron chi connectivity index (χ0n) is 13.7. The number of nitrogens with one attached hydrogen (secondary N) is 1. The average Bonchev–Trinajstić information content (AvgIpc) is 2.99. The second-order valence-electron chi connectivity index (χ2n) is 6.34. The highest BCUT2D eigenvalue weighted by Crippen LogP contribution is 2.16. The molecule has 0 aliphatic carbocycles. The molecule has 8 heteroatoms. The SMILES string of the molecule is CC(C)(C)n1cnc(C(=O)NCC(C(=O)O)c2ccc(F)cc2)n1. The number of amides is 1. The zero-order chi connectivity index (χ0) is 17.9. The van der Waals surface area contributed by atoms with E-state index in [-0.39, 0.29) is 17.9 Å². The van der Waals surface area contributed by atoms with Crippen LogP contribution in [0, 0.1) is 5.82 Å². The lowest BCUT2D eigenvalue weighted by atomic mass is 9.99. The summed E-state index contributed by atoms with van der Waals surface area (Å²) in [4.78, 5) is 27.4. The van der Waals surface area contributed by atoms with Gasteiger partial charge in [-0.15, -0.1) is 5.10 Å². The van der Waals surface area contributed by atoms with Crippen LogP contribution in [-0.2, 0) is 10.3 Å². The molecule has 2 aromatic rings. The van der Waals surface area contributed by atoms with Crippen molar-refractivity contribution < 1.29 is 19.1 Å². The number of carboxylic acids is 1. The van der Waals surface area contributed by atoms with E-state index in [4.69, 9.17) is 0 Å². The summed E-state index contributed by atoms with van der Waals surface area (Å²) >= 11 is 0. The van der Waals surface area contributed by atoms with Crippen LogP contribution >= 0.6 is 0 Å². The van der Waals surface area contributed by atoms with Crippen LogP contribution in [0.25, 0.3) is 0 Å². The average molecular weight is 334 g/mol. The molecule has 2 N–H and O–H groups in total. The topological polar surface area (TPSA) is 97.1 Å². The molecule has 0 saturated carbocycles. The number of aliphatic carboxylic acids is 1. The molecule has 1 heterocycles. The fourth-order valence-corrected chi connectivity index (χ4v) is 2.01. The van der Waals surface area contributed by atoms with E-state index in [1.54, 1.807) is 4.68 Å². The molecule has 0 bridgehead atoms. The van der Waals surface area contributed by atoms with E-state index in [0.717, 1.165) is 0 Å². The molecule has 0 aliphatic rings. The zero-order valence-corrected chi connectivity index (χ0v) is 13.7. The fraction of sp³-hybridized carbons (Fsp3) is 0.375. The monoisotopic (exact) mass is 334 g/mol. The molecule has 7 nitrogen and oxygen atoms in total. The second-order valence-corrected chi connectivity index (χ2v) is 6.34. The molecule has 0 saturated heterocycles. The molecular formula is C16H19FN4O3. The maximum absolute atomic E-state index is 12.9. The van der Waals surface area contributed by atoms with Crippen LogP contribution in [0.15, 0.2) is 30.6 Å². The van der Waals surface area contributed by atoms with Crippen molar-refractivity contribution >= 4 is 11.9 Å². The van der Waals surface area contributed by atoms with Crippen molar-refractivity contribution in [1.29, 1.82) is 0 Å². The minimum atomic E-state index is -1.12. The molecule has 0 radical (unpaired) electrons. The van der Waals surface area contributed by atoms with Gasteiger partial charge in [-0.3, -0.25) is 9.59 Å². The third kappa shape index (κ3) is 4.15. The van der Waals surface area contributed by atoms with Gasteiger partial charge in [-0.05, 0) is 38.5 Å². The summed E-state index contributed by atoms with van der Waals surface area (Å²) in [5, 5.41) is 15.9. The molecule has 24 heavy (non-hydrogen) atoms. The quantitative estimate of drug-likeness (QED) is 0.868. The minimum Gasteiger partial charge on any atom is -0.481 e. The van der Waals surface area contributed by atoms with Gasteiger partial charge in [0.2, 0.25) is 5.82 Å². The van der Waals surface area contributed by atoms with Gasteiger partial charge in [0.25, 0.3) is 5.91 Å². The van der Waals surface area contributed by atoms with Crippen LogP contribution in [0.5, 0.6) is 0 Å². The highest BCUT2D eigenvalue weighted by Gasteiger charge is 2.23. The molecule has 0 spiro atoms. The van der Waals surface area contributed by atoms with E-state index < -0.39 is 23.6 Å². The molecule has 0 fully saturated rings. The molecule has 1 aromatic heterocycles. The predicted molar refractivity (Wildman–Crippen MR) is 84.1 cm³/mol. The summed E-state index contributed by atoms with van der Waals surface area (Å²) in [7, 11) is 0. The van der Waals surface area contributed by atoms with Crippen molar-refractivity contribution in [2.45, 2.75) is 32.2 Å². The molecule has 128 valence electrons. The summed E-state index contributed by atoms with van der Waals surface area (Å²) in [6, 6.07) is 5.12. The lowest BCUT2D eigenvalue weighted by molar-refractivity contribution is -0.138. The first kappa shape index (κ1) is 17.6. The molecule has 2 rings (SSSR count). The van der Waals surface area contributed by atoms with E-state index >= 15 is 0 Å². The van der Waals surface area contributed by atoms with E-state index in [1.807, 2.05) is 20.8 Å². The standard InChI is InChI=1S/C16H19FN4O3/c1-16(2,3)21-9-19-13(20-21)14(22)18-8-12(15(23)24)10-4-6-11(17)7-5-10/h4-7,9,12H,8H2,1-3H3,(H,18,22)(H,23,24). The van der Waals surface area contributed by atoms with Crippen molar-refractivity contribution in [2.75, 3.05) is 6.54 Å². The Hall–Kier alpha value is -2.77. The van der Waals surface area contributed by atoms with Crippen molar-refractivity contribution in [1.82, 2.24) is 20.1 Å². The highest BCUT2D eigenvalue weighted by molar-refractivity contribution is 5.90. The lowest BCUT2D eigenvalue weighted by Crippen LogP contribution is -2.32. The first-order chi connectivity index (χ1) is 11.2. The number of halogens is 1. The van der Waals surface area contributed by atoms with Gasteiger partial charge in [-0.25, -0.2) is 14.1 Å². The Morgan fingerprint density at radius 3 is 2.42 bits per heavy atom.